The molecule has 2 heterocycles. The number of halogens is 1. The molecule has 0 unspecified atom stereocenters. The molecule has 0 fully saturated rings. The first-order valence-electron chi connectivity index (χ1n) is 36.5. The normalized spacial score (nSPS) is 10.9. The third-order valence-electron chi connectivity index (χ3n) is 19.4. The van der Waals surface area contributed by atoms with Gasteiger partial charge in [-0.3, -0.25) is 0 Å². The van der Waals surface area contributed by atoms with E-state index in [4.69, 9.17) is 17.3 Å². The largest absolute Gasteiger partial charge is 0.398 e. The van der Waals surface area contributed by atoms with E-state index in [0.29, 0.717) is 5.02 Å². The van der Waals surface area contributed by atoms with Gasteiger partial charge in [-0.05, 0) is 172 Å². The maximum absolute atomic E-state index is 6.83. The number of rotatable bonds is 18. The number of fused-ring (bicyclic) bond motifs is 2. The van der Waals surface area contributed by atoms with E-state index in [1.54, 1.807) is 22.7 Å². The van der Waals surface area contributed by atoms with Crippen molar-refractivity contribution in [1.29, 1.82) is 0 Å². The molecule has 524 valence electrons. The summed E-state index contributed by atoms with van der Waals surface area (Å²) in [6.45, 7) is 0. The van der Waals surface area contributed by atoms with Crippen molar-refractivity contribution in [2.45, 2.75) is 6.42 Å². The quantitative estimate of drug-likeness (QED) is 0.0867. The number of hydrogen-bond acceptors (Lipinski definition) is 7. The van der Waals surface area contributed by atoms with Crippen LogP contribution in [0, 0.1) is 0 Å². The molecule has 0 atom stereocenters. The number of para-hydroxylation sites is 7. The Morgan fingerprint density at radius 1 is 0.239 bits per heavy atom. The van der Waals surface area contributed by atoms with Crippen LogP contribution in [0.25, 0.3) is 64.7 Å². The lowest BCUT2D eigenvalue weighted by Crippen LogP contribution is -2.14. The van der Waals surface area contributed by atoms with E-state index in [2.05, 4.69) is 388 Å². The van der Waals surface area contributed by atoms with Crippen LogP contribution in [0.2, 0.25) is 5.02 Å². The van der Waals surface area contributed by atoms with Crippen molar-refractivity contribution in [2.24, 2.45) is 0 Å². The number of nitrogen functional groups attached to an aromatic ring is 1. The van der Waals surface area contributed by atoms with Gasteiger partial charge in [-0.25, -0.2) is 0 Å². The van der Waals surface area contributed by atoms with Crippen molar-refractivity contribution in [2.75, 3.05) is 25.3 Å². The second-order valence-corrected chi connectivity index (χ2v) is 28.6. The Kier molecular flexibility index (Phi) is 21.5. The number of nitrogens with zero attached hydrogens (tertiary/aromatic N) is 4. The minimum Gasteiger partial charge on any atom is -0.398 e. The Balaban J connectivity index is 0.000000140. The molecule has 16 aromatic carbocycles. The first kappa shape index (κ1) is 70.1. The van der Waals surface area contributed by atoms with Gasteiger partial charge in [0.2, 0.25) is 0 Å². The standard InChI is InChI=1S/C51H38N2S.C32H23ClN2S.C18H15N/c1-6-19-39(20-7-1)46-30-18-31-47(40-21-8-2-9-22-40)49(46)35-38-33-44(52(41-23-10-3-11-24-41)42-25-12-4-13-26-42)36-45(34-38)53(43-27-14-5-15-28-43)50-37-54-51-32-17-16-29-48(50)51;33-24-20-28(34(25-12-4-1-5-13-25)26-14-6-2-7-15-26)22-29(21-24)35(27-16-8-3-9-17-27)31-23-36-32-19-11-10-18-30(31)32;19-18-16(14-8-3-1-4-9-14)12-7-13-17(18)15-10-5-2-6-11-15/h1-34,36-37H,35H2;1-23H;1-13H,19H2. The summed E-state index contributed by atoms with van der Waals surface area (Å²) in [5.41, 5.74) is 32.2. The zero-order chi connectivity index (χ0) is 73.5. The zero-order valence-corrected chi connectivity index (χ0v) is 62.2. The van der Waals surface area contributed by atoms with Crippen molar-refractivity contribution in [3.05, 3.63) is 452 Å². The molecule has 5 nitrogen and oxygen atoms in total. The van der Waals surface area contributed by atoms with Crippen LogP contribution in [-0.2, 0) is 6.42 Å². The van der Waals surface area contributed by atoms with Gasteiger partial charge >= 0.3 is 0 Å². The summed E-state index contributed by atoms with van der Waals surface area (Å²) in [7, 11) is 0. The molecule has 0 aliphatic heterocycles. The average molecular weight is 1460 g/mol. The molecular formula is C101H76ClN5S2. The van der Waals surface area contributed by atoms with Gasteiger partial charge in [-0.2, -0.15) is 0 Å². The topological polar surface area (TPSA) is 39.0 Å². The van der Waals surface area contributed by atoms with E-state index < -0.39 is 0 Å². The second kappa shape index (κ2) is 33.5. The second-order valence-electron chi connectivity index (χ2n) is 26.4. The third-order valence-corrected chi connectivity index (χ3v) is 21.5. The lowest BCUT2D eigenvalue weighted by atomic mass is 9.88. The highest BCUT2D eigenvalue weighted by Crippen LogP contribution is 2.49. The zero-order valence-electron chi connectivity index (χ0n) is 59.8. The Bertz CT molecular complexity index is 5780. The molecule has 2 aromatic heterocycles. The molecule has 0 bridgehead atoms. The molecule has 0 radical (unpaired) electrons. The van der Waals surface area contributed by atoms with Crippen molar-refractivity contribution in [3.8, 4) is 44.5 Å². The van der Waals surface area contributed by atoms with E-state index in [1.807, 2.05) is 66.7 Å². The summed E-state index contributed by atoms with van der Waals surface area (Å²) in [5.74, 6) is 0. The van der Waals surface area contributed by atoms with E-state index in [-0.39, 0.29) is 0 Å². The van der Waals surface area contributed by atoms with E-state index in [1.165, 1.54) is 59.2 Å². The molecule has 109 heavy (non-hydrogen) atoms. The van der Waals surface area contributed by atoms with Crippen LogP contribution in [0.5, 0.6) is 0 Å². The monoisotopic (exact) mass is 1460 g/mol. The SMILES string of the molecule is Clc1cc(N(c2ccccc2)c2ccccc2)cc(N(c2ccccc2)c2csc3ccccc23)c1.Nc1c(-c2ccccc2)cccc1-c1ccccc1.c1ccc(-c2cccc(-c3ccccc3)c2Cc2cc(N(c3ccccc3)c3ccccc3)cc(N(c3ccccc3)c3csc4ccccc34)c2)cc1. The van der Waals surface area contributed by atoms with Crippen molar-refractivity contribution in [3.63, 3.8) is 0 Å². The fraction of sp³-hybridized carbons (Fsp3) is 0.00990. The molecule has 18 aromatic rings. The summed E-state index contributed by atoms with van der Waals surface area (Å²) in [5, 5.41) is 7.66. The predicted molar refractivity (Wildman–Crippen MR) is 469 cm³/mol. The average Bonchev–Trinajstić information content (AvgIpc) is 1.74. The maximum atomic E-state index is 6.83. The molecule has 0 spiro atoms. The fourth-order valence-electron chi connectivity index (χ4n) is 14.4. The van der Waals surface area contributed by atoms with Crippen LogP contribution in [0.1, 0.15) is 11.1 Å². The Morgan fingerprint density at radius 3 is 0.835 bits per heavy atom. The number of thiophene rings is 2. The van der Waals surface area contributed by atoms with Gasteiger partial charge in [-0.1, -0.05) is 315 Å². The highest BCUT2D eigenvalue weighted by molar-refractivity contribution is 7.18. The minimum atomic E-state index is 0.680. The molecular weight excluding hydrogens is 1380 g/mol. The van der Waals surface area contributed by atoms with Gasteiger partial charge in [0, 0.05) is 110 Å². The Morgan fingerprint density at radius 2 is 0.495 bits per heavy atom. The molecule has 18 rings (SSSR count). The molecule has 0 aliphatic carbocycles. The first-order chi connectivity index (χ1) is 53.9. The Labute approximate surface area is 651 Å². The van der Waals surface area contributed by atoms with Crippen molar-refractivity contribution < 1.29 is 0 Å². The summed E-state index contributed by atoms with van der Waals surface area (Å²) >= 11 is 10.4. The molecule has 0 amide bonds. The van der Waals surface area contributed by atoms with Gasteiger partial charge in [0.15, 0.2) is 0 Å². The smallest absolute Gasteiger partial charge is 0.0647 e. The molecule has 0 aliphatic rings. The first-order valence-corrected chi connectivity index (χ1v) is 38.7. The highest BCUT2D eigenvalue weighted by atomic mass is 35.5. The van der Waals surface area contributed by atoms with Crippen LogP contribution in [-0.4, -0.2) is 0 Å². The fourth-order valence-corrected chi connectivity index (χ4v) is 16.5. The van der Waals surface area contributed by atoms with E-state index >= 15 is 0 Å². The summed E-state index contributed by atoms with van der Waals surface area (Å²) < 4.78 is 2.52. The van der Waals surface area contributed by atoms with Gasteiger partial charge in [0.05, 0.1) is 11.4 Å². The van der Waals surface area contributed by atoms with Crippen LogP contribution < -0.4 is 25.3 Å². The van der Waals surface area contributed by atoms with Crippen LogP contribution in [0.3, 0.4) is 0 Å². The lowest BCUT2D eigenvalue weighted by molar-refractivity contribution is 1.17. The maximum Gasteiger partial charge on any atom is 0.0647 e. The molecule has 8 heteroatoms. The van der Waals surface area contributed by atoms with Gasteiger partial charge in [0.1, 0.15) is 0 Å². The number of nitrogens with two attached hydrogens (primary N) is 1. The van der Waals surface area contributed by atoms with Gasteiger partial charge < -0.3 is 25.3 Å². The highest BCUT2D eigenvalue weighted by Gasteiger charge is 2.25. The van der Waals surface area contributed by atoms with Crippen molar-refractivity contribution in [1.82, 2.24) is 0 Å². The van der Waals surface area contributed by atoms with Gasteiger partial charge in [-0.15, -0.1) is 22.7 Å². The number of anilines is 13. The molecule has 2 N–H and O–H groups in total. The van der Waals surface area contributed by atoms with Crippen molar-refractivity contribution >= 4 is 128 Å². The molecule has 0 saturated heterocycles. The van der Waals surface area contributed by atoms with E-state index in [9.17, 15) is 0 Å². The van der Waals surface area contributed by atoms with Crippen LogP contribution in [0.4, 0.5) is 73.9 Å². The Hall–Kier alpha value is -13.3. The summed E-state index contributed by atoms with van der Waals surface area (Å²) in [6.07, 6.45) is 0.737. The van der Waals surface area contributed by atoms with Crippen LogP contribution >= 0.6 is 34.3 Å². The number of hydrogen-bond donors (Lipinski definition) is 1. The van der Waals surface area contributed by atoms with E-state index in [0.717, 1.165) is 96.9 Å². The minimum absolute atomic E-state index is 0.680. The summed E-state index contributed by atoms with van der Waals surface area (Å²) in [6, 6.07) is 149. The van der Waals surface area contributed by atoms with Gasteiger partial charge in [0.25, 0.3) is 0 Å². The number of benzene rings is 16. The third kappa shape index (κ3) is 15.8. The lowest BCUT2D eigenvalue weighted by Gasteiger charge is -2.30. The molecule has 0 saturated carbocycles. The van der Waals surface area contributed by atoms with Crippen LogP contribution in [0.15, 0.2) is 435 Å². The predicted octanol–water partition coefficient (Wildman–Crippen LogP) is 29.9. The summed E-state index contributed by atoms with van der Waals surface area (Å²) in [4.78, 5) is 9.34.